The fraction of sp³-hybridized carbons (Fsp3) is 0.429. The Hall–Kier alpha value is -2.53. The lowest BCUT2D eigenvalue weighted by molar-refractivity contribution is -0.154. The Morgan fingerprint density at radius 2 is 2.29 bits per heavy atom. The Labute approximate surface area is 122 Å². The minimum Gasteiger partial charge on any atom is -0.463 e. The van der Waals surface area contributed by atoms with Gasteiger partial charge in [0.05, 0.1) is 12.3 Å². The van der Waals surface area contributed by atoms with Gasteiger partial charge in [0.25, 0.3) is 0 Å². The van der Waals surface area contributed by atoms with Crippen LogP contribution in [-0.2, 0) is 14.4 Å². The lowest BCUT2D eigenvalue weighted by Crippen LogP contribution is -2.24. The molecule has 0 spiro atoms. The zero-order valence-electron chi connectivity index (χ0n) is 11.9. The van der Waals surface area contributed by atoms with Gasteiger partial charge in [-0.3, -0.25) is 0 Å². The van der Waals surface area contributed by atoms with Crippen LogP contribution in [0.15, 0.2) is 34.5 Å². The van der Waals surface area contributed by atoms with Crippen molar-refractivity contribution >= 4 is 11.7 Å². The van der Waals surface area contributed by atoms with Crippen molar-refractivity contribution in [1.82, 2.24) is 0 Å². The van der Waals surface area contributed by atoms with E-state index in [0.29, 0.717) is 5.71 Å². The fourth-order valence-corrected chi connectivity index (χ4v) is 2.05. The highest BCUT2D eigenvalue weighted by Gasteiger charge is 2.33. The Morgan fingerprint density at radius 1 is 1.57 bits per heavy atom. The smallest absolute Gasteiger partial charge is 0.350 e. The van der Waals surface area contributed by atoms with E-state index in [1.54, 1.807) is 6.92 Å². The quantitative estimate of drug-likeness (QED) is 0.360. The Bertz CT molecular complexity index is 591. The van der Waals surface area contributed by atoms with Gasteiger partial charge in [0.2, 0.25) is 6.10 Å². The van der Waals surface area contributed by atoms with Crippen LogP contribution in [0.4, 0.5) is 0 Å². The normalized spacial score (nSPS) is 18.2. The molecule has 0 fully saturated rings. The van der Waals surface area contributed by atoms with Crippen LogP contribution in [0.25, 0.3) is 10.4 Å². The number of rotatable bonds is 5. The van der Waals surface area contributed by atoms with Crippen molar-refractivity contribution in [1.29, 1.82) is 0 Å². The SMILES string of the molecule is CCOC(=O)C1CC(C(N=[N+]=[N-])c2ccc(C)cc2)=NO1. The van der Waals surface area contributed by atoms with Crippen molar-refractivity contribution in [3.05, 3.63) is 45.8 Å². The number of nitrogens with zero attached hydrogens (tertiary/aromatic N) is 4. The number of hydrogen-bond acceptors (Lipinski definition) is 5. The van der Waals surface area contributed by atoms with Gasteiger partial charge in [0, 0.05) is 11.3 Å². The molecule has 7 nitrogen and oxygen atoms in total. The highest BCUT2D eigenvalue weighted by molar-refractivity contribution is 5.95. The molecule has 110 valence electrons. The third-order valence-corrected chi connectivity index (χ3v) is 3.12. The molecule has 21 heavy (non-hydrogen) atoms. The van der Waals surface area contributed by atoms with Crippen molar-refractivity contribution in [2.24, 2.45) is 10.3 Å². The summed E-state index contributed by atoms with van der Waals surface area (Å²) in [6, 6.07) is 7.02. The van der Waals surface area contributed by atoms with Crippen molar-refractivity contribution in [3.63, 3.8) is 0 Å². The molecular weight excluding hydrogens is 272 g/mol. The van der Waals surface area contributed by atoms with E-state index in [1.165, 1.54) is 0 Å². The van der Waals surface area contributed by atoms with Gasteiger partial charge in [-0.2, -0.15) is 0 Å². The predicted molar refractivity (Wildman–Crippen MR) is 76.6 cm³/mol. The standard InChI is InChI=1S/C14H16N4O3/c1-3-20-14(19)12-8-11(17-21-12)13(16-18-15)10-6-4-9(2)5-7-10/h4-7,12-13H,3,8H2,1-2H3. The van der Waals surface area contributed by atoms with Crippen molar-refractivity contribution in [2.45, 2.75) is 32.4 Å². The first kappa shape index (κ1) is 14.9. The molecular formula is C14H16N4O3. The van der Waals surface area contributed by atoms with Crippen LogP contribution in [0.2, 0.25) is 0 Å². The molecule has 2 unspecified atom stereocenters. The number of benzene rings is 1. The lowest BCUT2D eigenvalue weighted by Gasteiger charge is -2.11. The average Bonchev–Trinajstić information content (AvgIpc) is 2.96. The number of aryl methyl sites for hydroxylation is 1. The molecule has 1 aliphatic heterocycles. The number of carbonyl (C=O) groups excluding carboxylic acids is 1. The second-order valence-corrected chi connectivity index (χ2v) is 4.65. The predicted octanol–water partition coefficient (Wildman–Crippen LogP) is 3.05. The molecule has 0 amide bonds. The van der Waals surface area contributed by atoms with Gasteiger partial charge in [-0.1, -0.05) is 40.1 Å². The molecule has 1 aromatic carbocycles. The number of oxime groups is 1. The summed E-state index contributed by atoms with van der Waals surface area (Å²) in [4.78, 5) is 19.6. The molecule has 0 bridgehead atoms. The van der Waals surface area contributed by atoms with Crippen LogP contribution in [-0.4, -0.2) is 24.4 Å². The zero-order valence-corrected chi connectivity index (χ0v) is 11.9. The second kappa shape index (κ2) is 6.76. The molecule has 2 atom stereocenters. The van der Waals surface area contributed by atoms with E-state index < -0.39 is 18.1 Å². The number of carbonyl (C=O) groups is 1. The number of esters is 1. The van der Waals surface area contributed by atoms with Gasteiger partial charge in [-0.15, -0.1) is 0 Å². The number of ether oxygens (including phenoxy) is 1. The third kappa shape index (κ3) is 3.52. The van der Waals surface area contributed by atoms with Crippen LogP contribution in [0, 0.1) is 6.92 Å². The van der Waals surface area contributed by atoms with Crippen LogP contribution >= 0.6 is 0 Å². The molecule has 0 N–H and O–H groups in total. The molecule has 0 radical (unpaired) electrons. The summed E-state index contributed by atoms with van der Waals surface area (Å²) < 4.78 is 4.89. The van der Waals surface area contributed by atoms with Crippen molar-refractivity contribution < 1.29 is 14.4 Å². The van der Waals surface area contributed by atoms with E-state index in [4.69, 9.17) is 15.1 Å². The third-order valence-electron chi connectivity index (χ3n) is 3.12. The van der Waals surface area contributed by atoms with E-state index in [2.05, 4.69) is 15.2 Å². The minimum absolute atomic E-state index is 0.260. The number of hydrogen-bond donors (Lipinski definition) is 0. The van der Waals surface area contributed by atoms with Crippen LogP contribution in [0.1, 0.15) is 30.5 Å². The Balaban J connectivity index is 2.15. The maximum atomic E-state index is 11.6. The Morgan fingerprint density at radius 3 is 2.90 bits per heavy atom. The summed E-state index contributed by atoms with van der Waals surface area (Å²) in [5.41, 5.74) is 11.2. The highest BCUT2D eigenvalue weighted by Crippen LogP contribution is 2.27. The van der Waals surface area contributed by atoms with Gasteiger partial charge in [0.15, 0.2) is 0 Å². The maximum Gasteiger partial charge on any atom is 0.350 e. The summed E-state index contributed by atoms with van der Waals surface area (Å²) in [5, 5.41) is 7.65. The van der Waals surface area contributed by atoms with E-state index in [1.807, 2.05) is 31.2 Å². The highest BCUT2D eigenvalue weighted by atomic mass is 16.7. The van der Waals surface area contributed by atoms with Crippen LogP contribution in [0.5, 0.6) is 0 Å². The second-order valence-electron chi connectivity index (χ2n) is 4.65. The van der Waals surface area contributed by atoms with Gasteiger partial charge in [-0.05, 0) is 24.9 Å². The van der Waals surface area contributed by atoms with Crippen LogP contribution < -0.4 is 0 Å². The molecule has 0 aliphatic carbocycles. The van der Waals surface area contributed by atoms with Crippen molar-refractivity contribution in [3.8, 4) is 0 Å². The van der Waals surface area contributed by atoms with Gasteiger partial charge in [0.1, 0.15) is 6.04 Å². The molecule has 0 aromatic heterocycles. The molecule has 0 saturated heterocycles. The molecule has 1 aliphatic rings. The fourth-order valence-electron chi connectivity index (χ4n) is 2.05. The first-order valence-corrected chi connectivity index (χ1v) is 6.65. The summed E-state index contributed by atoms with van der Waals surface area (Å²) in [6.07, 6.45) is -0.502. The van der Waals surface area contributed by atoms with E-state index >= 15 is 0 Å². The molecule has 7 heteroatoms. The van der Waals surface area contributed by atoms with Gasteiger partial charge >= 0.3 is 5.97 Å². The van der Waals surface area contributed by atoms with Crippen LogP contribution in [0.3, 0.4) is 0 Å². The topological polar surface area (TPSA) is 96.7 Å². The largest absolute Gasteiger partial charge is 0.463 e. The lowest BCUT2D eigenvalue weighted by atomic mass is 9.98. The summed E-state index contributed by atoms with van der Waals surface area (Å²) in [6.45, 7) is 3.98. The molecule has 1 aromatic rings. The van der Waals surface area contributed by atoms with Gasteiger partial charge in [-0.25, -0.2) is 4.79 Å². The summed E-state index contributed by atoms with van der Waals surface area (Å²) in [7, 11) is 0. The zero-order chi connectivity index (χ0) is 15.2. The Kier molecular flexibility index (Phi) is 4.79. The summed E-state index contributed by atoms with van der Waals surface area (Å²) >= 11 is 0. The van der Waals surface area contributed by atoms with Gasteiger partial charge < -0.3 is 9.57 Å². The first-order chi connectivity index (χ1) is 10.2. The summed E-state index contributed by atoms with van der Waals surface area (Å²) in [5.74, 6) is -0.458. The number of azide groups is 1. The molecule has 0 saturated carbocycles. The monoisotopic (exact) mass is 288 g/mol. The first-order valence-electron chi connectivity index (χ1n) is 6.65. The minimum atomic E-state index is -0.762. The average molecular weight is 288 g/mol. The van der Waals surface area contributed by atoms with E-state index in [-0.39, 0.29) is 13.0 Å². The van der Waals surface area contributed by atoms with E-state index in [0.717, 1.165) is 11.1 Å². The van der Waals surface area contributed by atoms with Crippen molar-refractivity contribution in [2.75, 3.05) is 6.61 Å². The van der Waals surface area contributed by atoms with E-state index in [9.17, 15) is 4.79 Å². The molecule has 1 heterocycles. The maximum absolute atomic E-state index is 11.6. The molecule has 2 rings (SSSR count).